The van der Waals surface area contributed by atoms with Crippen molar-refractivity contribution in [3.8, 4) is 0 Å². The molecule has 0 saturated carbocycles. The van der Waals surface area contributed by atoms with Crippen molar-refractivity contribution in [3.05, 3.63) is 5.70 Å². The van der Waals surface area contributed by atoms with Crippen LogP contribution in [0.25, 0.3) is 0 Å². The Morgan fingerprint density at radius 2 is 1.04 bits per heavy atom. The van der Waals surface area contributed by atoms with Crippen LogP contribution in [0.5, 0.6) is 0 Å². The third-order valence-electron chi connectivity index (χ3n) is 6.12. The fourth-order valence-electron chi connectivity index (χ4n) is 4.28. The summed E-state index contributed by atoms with van der Waals surface area (Å²) in [6.45, 7) is 4.43. The molecule has 2 heteroatoms. The van der Waals surface area contributed by atoms with Crippen LogP contribution in [-0.2, 0) is 4.79 Å². The van der Waals surface area contributed by atoms with Crippen molar-refractivity contribution in [1.29, 1.82) is 0 Å². The van der Waals surface area contributed by atoms with E-state index in [0.717, 1.165) is 25.2 Å². The smallest absolute Gasteiger partial charge is 0.145 e. The van der Waals surface area contributed by atoms with Gasteiger partial charge < -0.3 is 4.90 Å². The summed E-state index contributed by atoms with van der Waals surface area (Å²) >= 11 is 0. The van der Waals surface area contributed by atoms with Crippen LogP contribution in [0.3, 0.4) is 0 Å². The molecule has 1 saturated heterocycles. The summed E-state index contributed by atoms with van der Waals surface area (Å²) in [6.07, 6.45) is 27.1. The second-order valence-electron chi connectivity index (χ2n) is 8.65. The van der Waals surface area contributed by atoms with Gasteiger partial charge in [0, 0.05) is 13.1 Å². The number of carbonyl (C=O) groups excluding carboxylic acids is 1. The van der Waals surface area contributed by atoms with Gasteiger partial charge in [0.2, 0.25) is 0 Å². The molecule has 1 aliphatic heterocycles. The Morgan fingerprint density at radius 1 is 0.630 bits per heavy atom. The van der Waals surface area contributed by atoms with E-state index in [1.54, 1.807) is 0 Å². The number of likely N-dealkylation sites (tertiary alicyclic amines) is 1. The SMILES string of the molecule is CCCCCCCCCCCCCCCCCCC(=C=O)N1CCCCC1. The van der Waals surface area contributed by atoms with E-state index >= 15 is 0 Å². The van der Waals surface area contributed by atoms with Gasteiger partial charge in [0.25, 0.3) is 0 Å². The molecule has 1 heterocycles. The zero-order chi connectivity index (χ0) is 19.4. The highest BCUT2D eigenvalue weighted by Gasteiger charge is 2.13. The second kappa shape index (κ2) is 18.6. The van der Waals surface area contributed by atoms with Crippen molar-refractivity contribution in [2.75, 3.05) is 13.1 Å². The largest absolute Gasteiger partial charge is 0.366 e. The van der Waals surface area contributed by atoms with Crippen molar-refractivity contribution in [1.82, 2.24) is 4.90 Å². The van der Waals surface area contributed by atoms with Crippen LogP contribution in [0.2, 0.25) is 0 Å². The van der Waals surface area contributed by atoms with Crippen molar-refractivity contribution in [3.63, 3.8) is 0 Å². The molecular formula is C25H47NO. The van der Waals surface area contributed by atoms with E-state index in [2.05, 4.69) is 17.8 Å². The first-order chi connectivity index (χ1) is 13.4. The standard InChI is InChI=1S/C25H47NO/c1-2-3-4-5-6-7-8-9-10-11-12-13-14-15-16-18-21-25(24-27)26-22-19-17-20-23-26/h2-23H2,1H3. The highest BCUT2D eigenvalue weighted by Crippen LogP contribution is 2.19. The molecule has 0 aromatic heterocycles. The number of unbranched alkanes of at least 4 members (excludes halogenated alkanes) is 15. The van der Waals surface area contributed by atoms with Crippen LogP contribution in [-0.4, -0.2) is 23.9 Å². The molecule has 0 aliphatic carbocycles. The molecule has 0 atom stereocenters. The van der Waals surface area contributed by atoms with Crippen molar-refractivity contribution >= 4 is 5.94 Å². The van der Waals surface area contributed by atoms with Crippen LogP contribution >= 0.6 is 0 Å². The average Bonchev–Trinajstić information content (AvgIpc) is 2.71. The quantitative estimate of drug-likeness (QED) is 0.179. The monoisotopic (exact) mass is 377 g/mol. The summed E-state index contributed by atoms with van der Waals surface area (Å²) in [6, 6.07) is 0. The molecule has 0 bridgehead atoms. The summed E-state index contributed by atoms with van der Waals surface area (Å²) in [5.74, 6) is 2.22. The van der Waals surface area contributed by atoms with Crippen molar-refractivity contribution < 1.29 is 4.79 Å². The van der Waals surface area contributed by atoms with E-state index in [1.807, 2.05) is 0 Å². The van der Waals surface area contributed by atoms with Gasteiger partial charge in [-0.05, 0) is 32.1 Å². The molecule has 0 spiro atoms. The molecule has 0 unspecified atom stereocenters. The summed E-state index contributed by atoms with van der Waals surface area (Å²) in [4.78, 5) is 13.5. The fourth-order valence-corrected chi connectivity index (χ4v) is 4.28. The number of allylic oxidation sites excluding steroid dienone is 1. The molecule has 27 heavy (non-hydrogen) atoms. The predicted molar refractivity (Wildman–Crippen MR) is 119 cm³/mol. The number of piperidine rings is 1. The fraction of sp³-hybridized carbons (Fsp3) is 0.920. The van der Waals surface area contributed by atoms with Crippen LogP contribution < -0.4 is 0 Å². The number of hydrogen-bond acceptors (Lipinski definition) is 2. The Morgan fingerprint density at radius 3 is 1.44 bits per heavy atom. The Hall–Kier alpha value is -0.750. The minimum absolute atomic E-state index is 0.945. The highest BCUT2D eigenvalue weighted by molar-refractivity contribution is 5.51. The Bertz CT molecular complexity index is 367. The Kier molecular flexibility index (Phi) is 16.7. The van der Waals surface area contributed by atoms with Gasteiger partial charge in [-0.1, -0.05) is 103 Å². The Balaban J connectivity index is 1.79. The van der Waals surface area contributed by atoms with Gasteiger partial charge in [0.1, 0.15) is 5.94 Å². The first kappa shape index (κ1) is 24.3. The third-order valence-corrected chi connectivity index (χ3v) is 6.12. The number of rotatable bonds is 18. The van der Waals surface area contributed by atoms with E-state index in [0.29, 0.717) is 0 Å². The summed E-state index contributed by atoms with van der Waals surface area (Å²) in [5.41, 5.74) is 0.945. The first-order valence-corrected chi connectivity index (χ1v) is 12.4. The molecule has 158 valence electrons. The minimum atomic E-state index is 0.945. The molecule has 0 amide bonds. The van der Waals surface area contributed by atoms with Gasteiger partial charge in [0.05, 0.1) is 5.70 Å². The van der Waals surface area contributed by atoms with Crippen LogP contribution in [0.15, 0.2) is 5.70 Å². The molecule has 1 aliphatic rings. The third kappa shape index (κ3) is 14.0. The highest BCUT2D eigenvalue weighted by atomic mass is 16.1. The number of hydrogen-bond donors (Lipinski definition) is 0. The lowest BCUT2D eigenvalue weighted by atomic mass is 10.0. The molecule has 1 rings (SSSR count). The van der Waals surface area contributed by atoms with Gasteiger partial charge in [-0.15, -0.1) is 0 Å². The maximum absolute atomic E-state index is 11.2. The molecule has 0 radical (unpaired) electrons. The topological polar surface area (TPSA) is 20.3 Å². The normalized spacial score (nSPS) is 14.3. The molecule has 0 aromatic rings. The molecule has 0 aromatic carbocycles. The van der Waals surface area contributed by atoms with Crippen LogP contribution in [0.4, 0.5) is 0 Å². The zero-order valence-corrected chi connectivity index (χ0v) is 18.4. The lowest BCUT2D eigenvalue weighted by Gasteiger charge is -2.28. The van der Waals surface area contributed by atoms with Crippen LogP contribution in [0.1, 0.15) is 135 Å². The predicted octanol–water partition coefficient (Wildman–Crippen LogP) is 7.84. The molecule has 0 N–H and O–H groups in total. The van der Waals surface area contributed by atoms with E-state index < -0.39 is 0 Å². The second-order valence-corrected chi connectivity index (χ2v) is 8.65. The maximum Gasteiger partial charge on any atom is 0.145 e. The average molecular weight is 378 g/mol. The minimum Gasteiger partial charge on any atom is -0.366 e. The van der Waals surface area contributed by atoms with E-state index in [9.17, 15) is 4.79 Å². The molecular weight excluding hydrogens is 330 g/mol. The zero-order valence-electron chi connectivity index (χ0n) is 18.4. The van der Waals surface area contributed by atoms with Crippen LogP contribution in [0, 0.1) is 0 Å². The van der Waals surface area contributed by atoms with Gasteiger partial charge in [-0.3, -0.25) is 0 Å². The van der Waals surface area contributed by atoms with Crippen molar-refractivity contribution in [2.24, 2.45) is 0 Å². The summed E-state index contributed by atoms with van der Waals surface area (Å²) in [7, 11) is 0. The van der Waals surface area contributed by atoms with Crippen molar-refractivity contribution in [2.45, 2.75) is 135 Å². The Labute approximate surface area is 170 Å². The molecule has 2 nitrogen and oxygen atoms in total. The van der Waals surface area contributed by atoms with Gasteiger partial charge in [-0.25, -0.2) is 4.79 Å². The van der Waals surface area contributed by atoms with Gasteiger partial charge in [0.15, 0.2) is 0 Å². The first-order valence-electron chi connectivity index (χ1n) is 12.4. The maximum atomic E-state index is 11.2. The van der Waals surface area contributed by atoms with Gasteiger partial charge in [-0.2, -0.15) is 0 Å². The summed E-state index contributed by atoms with van der Waals surface area (Å²) in [5, 5.41) is 0. The van der Waals surface area contributed by atoms with E-state index in [-0.39, 0.29) is 0 Å². The lowest BCUT2D eigenvalue weighted by Crippen LogP contribution is -2.29. The lowest BCUT2D eigenvalue weighted by molar-refractivity contribution is 0.277. The molecule has 1 fully saturated rings. The number of nitrogens with zero attached hydrogens (tertiary/aromatic N) is 1. The van der Waals surface area contributed by atoms with E-state index in [4.69, 9.17) is 0 Å². The van der Waals surface area contributed by atoms with Gasteiger partial charge >= 0.3 is 0 Å². The summed E-state index contributed by atoms with van der Waals surface area (Å²) < 4.78 is 0. The van der Waals surface area contributed by atoms with E-state index in [1.165, 1.54) is 122 Å².